The summed E-state index contributed by atoms with van der Waals surface area (Å²) >= 11 is 0. The molecule has 0 aliphatic heterocycles. The van der Waals surface area contributed by atoms with Crippen molar-refractivity contribution < 1.29 is 14.3 Å². The summed E-state index contributed by atoms with van der Waals surface area (Å²) in [6.45, 7) is 0.485. The van der Waals surface area contributed by atoms with Gasteiger partial charge in [-0.05, 0) is 24.3 Å². The molecule has 0 fully saturated rings. The molecule has 0 aliphatic carbocycles. The predicted molar refractivity (Wildman–Crippen MR) is 122 cm³/mol. The highest BCUT2D eigenvalue weighted by Gasteiger charge is 2.10. The zero-order chi connectivity index (χ0) is 20.1. The maximum absolute atomic E-state index is 12.4. The molecule has 1 atom stereocenters. The number of aliphatic hydroxyl groups excluding tert-OH is 1. The number of hydrogen-bond acceptors (Lipinski definition) is 5. The van der Waals surface area contributed by atoms with E-state index in [-0.39, 0.29) is 24.4 Å². The molecule has 1 heterocycles. The third kappa shape index (κ3) is 5.20. The van der Waals surface area contributed by atoms with Gasteiger partial charge in [-0.15, -0.1) is 12.4 Å². The van der Waals surface area contributed by atoms with Gasteiger partial charge in [0.15, 0.2) is 5.43 Å². The zero-order valence-corrected chi connectivity index (χ0v) is 17.0. The van der Waals surface area contributed by atoms with E-state index in [0.29, 0.717) is 29.0 Å². The molecule has 4 rings (SSSR count). The predicted octanol–water partition coefficient (Wildman–Crippen LogP) is 4.73. The van der Waals surface area contributed by atoms with Crippen molar-refractivity contribution in [2.24, 2.45) is 0 Å². The quantitative estimate of drug-likeness (QED) is 0.449. The van der Waals surface area contributed by atoms with Crippen LogP contribution in [0.4, 0.5) is 5.69 Å². The van der Waals surface area contributed by atoms with Crippen LogP contribution >= 0.6 is 12.4 Å². The van der Waals surface area contributed by atoms with Crippen LogP contribution in [0, 0.1) is 0 Å². The maximum Gasteiger partial charge on any atom is 0.193 e. The molecular formula is C24H22ClNO4. The average molecular weight is 424 g/mol. The van der Waals surface area contributed by atoms with Gasteiger partial charge in [0.2, 0.25) is 0 Å². The van der Waals surface area contributed by atoms with Gasteiger partial charge < -0.3 is 19.6 Å². The molecule has 0 aliphatic rings. The highest BCUT2D eigenvalue weighted by atomic mass is 35.5. The first-order chi connectivity index (χ1) is 14.2. The second kappa shape index (κ2) is 9.96. The van der Waals surface area contributed by atoms with E-state index in [9.17, 15) is 9.90 Å². The molecular weight excluding hydrogens is 402 g/mol. The molecule has 6 heteroatoms. The number of anilines is 1. The average Bonchev–Trinajstić information content (AvgIpc) is 2.77. The van der Waals surface area contributed by atoms with Crippen LogP contribution in [0.1, 0.15) is 0 Å². The summed E-state index contributed by atoms with van der Waals surface area (Å²) < 4.78 is 11.6. The third-order valence-corrected chi connectivity index (χ3v) is 4.52. The van der Waals surface area contributed by atoms with E-state index >= 15 is 0 Å². The van der Waals surface area contributed by atoms with E-state index in [2.05, 4.69) is 5.32 Å². The lowest BCUT2D eigenvalue weighted by atomic mass is 10.1. The summed E-state index contributed by atoms with van der Waals surface area (Å²) in [5.41, 5.74) is 2.11. The van der Waals surface area contributed by atoms with Crippen molar-refractivity contribution in [3.63, 3.8) is 0 Å². The zero-order valence-electron chi connectivity index (χ0n) is 16.2. The molecule has 4 aromatic rings. The Balaban J connectivity index is 0.00000256. The molecule has 30 heavy (non-hydrogen) atoms. The number of fused-ring (bicyclic) bond motifs is 1. The second-order valence-corrected chi connectivity index (χ2v) is 6.71. The smallest absolute Gasteiger partial charge is 0.193 e. The van der Waals surface area contributed by atoms with Crippen molar-refractivity contribution in [1.82, 2.24) is 0 Å². The van der Waals surface area contributed by atoms with Gasteiger partial charge in [0.05, 0.1) is 5.39 Å². The van der Waals surface area contributed by atoms with E-state index in [1.54, 1.807) is 18.2 Å². The third-order valence-electron chi connectivity index (χ3n) is 4.52. The van der Waals surface area contributed by atoms with Crippen molar-refractivity contribution in [1.29, 1.82) is 0 Å². The molecule has 0 radical (unpaired) electrons. The van der Waals surface area contributed by atoms with Crippen molar-refractivity contribution >= 4 is 29.1 Å². The van der Waals surface area contributed by atoms with Crippen molar-refractivity contribution in [2.45, 2.75) is 6.10 Å². The Morgan fingerprint density at radius 2 is 1.63 bits per heavy atom. The molecule has 1 unspecified atom stereocenters. The number of benzene rings is 3. The number of hydrogen-bond donors (Lipinski definition) is 2. The maximum atomic E-state index is 12.4. The first kappa shape index (κ1) is 21.4. The van der Waals surface area contributed by atoms with Crippen molar-refractivity contribution in [3.05, 3.63) is 95.2 Å². The van der Waals surface area contributed by atoms with Crippen LogP contribution in [0.2, 0.25) is 0 Å². The topological polar surface area (TPSA) is 71.7 Å². The van der Waals surface area contributed by atoms with Crippen LogP contribution in [0.25, 0.3) is 22.3 Å². The molecule has 0 bridgehead atoms. The minimum Gasteiger partial charge on any atom is -0.491 e. The fraction of sp³-hybridized carbons (Fsp3) is 0.125. The highest BCUT2D eigenvalue weighted by Crippen LogP contribution is 2.24. The van der Waals surface area contributed by atoms with Gasteiger partial charge in [-0.1, -0.05) is 48.5 Å². The van der Waals surface area contributed by atoms with Crippen molar-refractivity contribution in [3.8, 4) is 17.1 Å². The highest BCUT2D eigenvalue weighted by molar-refractivity contribution is 5.85. The monoisotopic (exact) mass is 423 g/mol. The van der Waals surface area contributed by atoms with Crippen LogP contribution in [-0.2, 0) is 0 Å². The molecule has 3 aromatic carbocycles. The van der Waals surface area contributed by atoms with Gasteiger partial charge in [-0.25, -0.2) is 0 Å². The molecule has 5 nitrogen and oxygen atoms in total. The summed E-state index contributed by atoms with van der Waals surface area (Å²) in [5.74, 6) is 1.04. The van der Waals surface area contributed by atoms with Gasteiger partial charge in [0.25, 0.3) is 0 Å². The normalized spacial score (nSPS) is 11.5. The van der Waals surface area contributed by atoms with Crippen LogP contribution in [-0.4, -0.2) is 24.4 Å². The molecule has 1 aromatic heterocycles. The Morgan fingerprint density at radius 1 is 0.933 bits per heavy atom. The van der Waals surface area contributed by atoms with Gasteiger partial charge >= 0.3 is 0 Å². The SMILES string of the molecule is Cl.O=c1cc(-c2ccccc2)oc2cc(OCC(O)CNc3ccccc3)ccc12. The minimum absolute atomic E-state index is 0. The standard InChI is InChI=1S/C24H21NO4.ClH/c26-19(15-25-18-9-5-2-6-10-18)16-28-20-11-12-21-22(27)14-23(29-24(21)13-20)17-7-3-1-4-8-17;/h1-14,19,25-26H,15-16H2;1H. The van der Waals surface area contributed by atoms with E-state index in [4.69, 9.17) is 9.15 Å². The summed E-state index contributed by atoms with van der Waals surface area (Å²) in [5, 5.41) is 13.8. The largest absolute Gasteiger partial charge is 0.491 e. The van der Waals surface area contributed by atoms with Crippen LogP contribution in [0.3, 0.4) is 0 Å². The number of para-hydroxylation sites is 1. The Morgan fingerprint density at radius 3 is 2.37 bits per heavy atom. The van der Waals surface area contributed by atoms with Crippen LogP contribution in [0.5, 0.6) is 5.75 Å². The lowest BCUT2D eigenvalue weighted by molar-refractivity contribution is 0.117. The van der Waals surface area contributed by atoms with Crippen LogP contribution in [0.15, 0.2) is 94.1 Å². The van der Waals surface area contributed by atoms with E-state index in [1.807, 2.05) is 60.7 Å². The molecule has 0 saturated heterocycles. The van der Waals surface area contributed by atoms with E-state index in [1.165, 1.54) is 6.07 Å². The Kier molecular flexibility index (Phi) is 7.12. The van der Waals surface area contributed by atoms with Gasteiger partial charge in [-0.3, -0.25) is 4.79 Å². The van der Waals surface area contributed by atoms with Gasteiger partial charge in [0, 0.05) is 29.9 Å². The van der Waals surface area contributed by atoms with E-state index in [0.717, 1.165) is 11.3 Å². The molecule has 2 N–H and O–H groups in total. The van der Waals surface area contributed by atoms with Gasteiger partial charge in [-0.2, -0.15) is 0 Å². The van der Waals surface area contributed by atoms with Crippen molar-refractivity contribution in [2.75, 3.05) is 18.5 Å². The summed E-state index contributed by atoms with van der Waals surface area (Å²) in [4.78, 5) is 12.4. The minimum atomic E-state index is -0.687. The summed E-state index contributed by atoms with van der Waals surface area (Å²) in [6, 6.07) is 25.7. The van der Waals surface area contributed by atoms with Gasteiger partial charge in [0.1, 0.15) is 29.8 Å². The Labute approximate surface area is 180 Å². The van der Waals surface area contributed by atoms with E-state index < -0.39 is 6.10 Å². The summed E-state index contributed by atoms with van der Waals surface area (Å²) in [6.07, 6.45) is -0.687. The number of rotatable bonds is 7. The number of aliphatic hydroxyl groups is 1. The fourth-order valence-electron chi connectivity index (χ4n) is 3.01. The summed E-state index contributed by atoms with van der Waals surface area (Å²) in [7, 11) is 0. The lowest BCUT2D eigenvalue weighted by Crippen LogP contribution is -2.26. The number of halogens is 1. The lowest BCUT2D eigenvalue weighted by Gasteiger charge is -2.14. The first-order valence-corrected chi connectivity index (χ1v) is 9.42. The number of ether oxygens (including phenoxy) is 1. The fourth-order valence-corrected chi connectivity index (χ4v) is 3.01. The number of nitrogens with one attached hydrogen (secondary N) is 1. The molecule has 0 spiro atoms. The molecule has 0 amide bonds. The Bertz CT molecular complexity index is 1150. The molecule has 0 saturated carbocycles. The Hall–Kier alpha value is -3.28. The van der Waals surface area contributed by atoms with Crippen LogP contribution < -0.4 is 15.5 Å². The first-order valence-electron chi connectivity index (χ1n) is 9.42. The second-order valence-electron chi connectivity index (χ2n) is 6.71. The molecule has 154 valence electrons.